The lowest BCUT2D eigenvalue weighted by molar-refractivity contribution is 0.415. The van der Waals surface area contributed by atoms with Crippen LogP contribution in [0, 0.1) is 5.92 Å². The van der Waals surface area contributed by atoms with Crippen molar-refractivity contribution in [2.45, 2.75) is 20.4 Å². The van der Waals surface area contributed by atoms with Crippen LogP contribution in [-0.2, 0) is 6.54 Å². The second kappa shape index (κ2) is 6.68. The van der Waals surface area contributed by atoms with Gasteiger partial charge in [-0.25, -0.2) is 4.98 Å². The third kappa shape index (κ3) is 4.04. The number of nitrogens with zero attached hydrogens (tertiary/aromatic N) is 1. The zero-order chi connectivity index (χ0) is 13.7. The van der Waals surface area contributed by atoms with Crippen LogP contribution in [0.3, 0.4) is 0 Å². The highest BCUT2D eigenvalue weighted by Gasteiger charge is 2.05. The second-order valence-corrected chi connectivity index (χ2v) is 5.76. The molecular weight excluding hydrogens is 256 g/mol. The molecule has 0 aliphatic heterocycles. The minimum absolute atomic E-state index is 0.666. The van der Waals surface area contributed by atoms with Crippen LogP contribution in [0.5, 0.6) is 5.75 Å². The van der Waals surface area contributed by atoms with Gasteiger partial charge in [-0.1, -0.05) is 13.8 Å². The van der Waals surface area contributed by atoms with Gasteiger partial charge < -0.3 is 10.1 Å². The van der Waals surface area contributed by atoms with Gasteiger partial charge in [0.1, 0.15) is 10.8 Å². The standard InChI is InChI=1S/C15H20N2OS/c1-11(2)8-16-9-13-10-19-15(17-13)12-4-6-14(18-3)7-5-12/h4-7,10-11,16H,8-9H2,1-3H3. The number of hydrogen-bond donors (Lipinski definition) is 1. The van der Waals surface area contributed by atoms with Gasteiger partial charge in [0.15, 0.2) is 0 Å². The summed E-state index contributed by atoms with van der Waals surface area (Å²) in [5.74, 6) is 1.54. The van der Waals surface area contributed by atoms with Crippen LogP contribution in [0.2, 0.25) is 0 Å². The molecule has 0 atom stereocenters. The Morgan fingerprint density at radius 1 is 1.26 bits per heavy atom. The maximum Gasteiger partial charge on any atom is 0.123 e. The van der Waals surface area contributed by atoms with E-state index in [0.717, 1.165) is 35.1 Å². The fraction of sp³-hybridized carbons (Fsp3) is 0.400. The Balaban J connectivity index is 1.99. The Bertz CT molecular complexity index is 505. The average Bonchev–Trinajstić information content (AvgIpc) is 2.87. The van der Waals surface area contributed by atoms with Crippen molar-refractivity contribution in [2.75, 3.05) is 13.7 Å². The van der Waals surface area contributed by atoms with Crippen LogP contribution in [-0.4, -0.2) is 18.6 Å². The summed E-state index contributed by atoms with van der Waals surface area (Å²) < 4.78 is 5.16. The summed E-state index contributed by atoms with van der Waals surface area (Å²) in [6.07, 6.45) is 0. The summed E-state index contributed by atoms with van der Waals surface area (Å²) in [6.45, 7) is 6.27. The lowest BCUT2D eigenvalue weighted by atomic mass is 10.2. The molecule has 2 aromatic rings. The third-order valence-electron chi connectivity index (χ3n) is 2.75. The number of hydrogen-bond acceptors (Lipinski definition) is 4. The summed E-state index contributed by atoms with van der Waals surface area (Å²) in [7, 11) is 1.68. The molecule has 0 aliphatic rings. The van der Waals surface area contributed by atoms with Crippen LogP contribution in [0.25, 0.3) is 10.6 Å². The molecule has 1 heterocycles. The topological polar surface area (TPSA) is 34.1 Å². The van der Waals surface area contributed by atoms with E-state index < -0.39 is 0 Å². The number of ether oxygens (including phenoxy) is 1. The first-order valence-corrected chi connectivity index (χ1v) is 7.36. The van der Waals surface area contributed by atoms with Gasteiger partial charge in [0, 0.05) is 17.5 Å². The third-order valence-corrected chi connectivity index (χ3v) is 3.69. The average molecular weight is 276 g/mol. The maximum absolute atomic E-state index is 5.16. The van der Waals surface area contributed by atoms with Gasteiger partial charge in [-0.3, -0.25) is 0 Å². The molecule has 0 fully saturated rings. The molecule has 0 saturated carbocycles. The quantitative estimate of drug-likeness (QED) is 0.876. The van der Waals surface area contributed by atoms with Gasteiger partial charge in [0.05, 0.1) is 12.8 Å². The largest absolute Gasteiger partial charge is 0.497 e. The molecular formula is C15H20N2OS. The van der Waals surface area contributed by atoms with Gasteiger partial charge >= 0.3 is 0 Å². The molecule has 4 heteroatoms. The van der Waals surface area contributed by atoms with Crippen LogP contribution >= 0.6 is 11.3 Å². The van der Waals surface area contributed by atoms with Crippen molar-refractivity contribution in [3.05, 3.63) is 35.3 Å². The smallest absolute Gasteiger partial charge is 0.123 e. The highest BCUT2D eigenvalue weighted by atomic mass is 32.1. The van der Waals surface area contributed by atoms with Crippen molar-refractivity contribution < 1.29 is 4.74 Å². The molecule has 3 nitrogen and oxygen atoms in total. The van der Waals surface area contributed by atoms with E-state index in [0.29, 0.717) is 5.92 Å². The summed E-state index contributed by atoms with van der Waals surface area (Å²) >= 11 is 1.68. The summed E-state index contributed by atoms with van der Waals surface area (Å²) in [6, 6.07) is 8.02. The van der Waals surface area contributed by atoms with E-state index in [9.17, 15) is 0 Å². The van der Waals surface area contributed by atoms with Crippen molar-refractivity contribution in [3.8, 4) is 16.3 Å². The molecule has 0 spiro atoms. The van der Waals surface area contributed by atoms with Crippen LogP contribution in [0.4, 0.5) is 0 Å². The number of thiazole rings is 1. The van der Waals surface area contributed by atoms with Gasteiger partial charge in [0.25, 0.3) is 0 Å². The highest BCUT2D eigenvalue weighted by Crippen LogP contribution is 2.25. The van der Waals surface area contributed by atoms with Crippen molar-refractivity contribution in [2.24, 2.45) is 5.92 Å². The van der Waals surface area contributed by atoms with E-state index in [-0.39, 0.29) is 0 Å². The first kappa shape index (κ1) is 14.0. The van der Waals surface area contributed by atoms with E-state index in [4.69, 9.17) is 4.74 Å². The van der Waals surface area contributed by atoms with Crippen LogP contribution in [0.15, 0.2) is 29.6 Å². The molecule has 0 amide bonds. The van der Waals surface area contributed by atoms with E-state index >= 15 is 0 Å². The minimum atomic E-state index is 0.666. The molecule has 1 aromatic heterocycles. The van der Waals surface area contributed by atoms with Gasteiger partial charge in [-0.2, -0.15) is 0 Å². The molecule has 2 rings (SSSR count). The Kier molecular flexibility index (Phi) is 4.93. The fourth-order valence-electron chi connectivity index (χ4n) is 1.74. The molecule has 0 aliphatic carbocycles. The molecule has 0 saturated heterocycles. The molecule has 1 aromatic carbocycles. The maximum atomic E-state index is 5.16. The molecule has 102 valence electrons. The molecule has 1 N–H and O–H groups in total. The van der Waals surface area contributed by atoms with Gasteiger partial charge in [-0.15, -0.1) is 11.3 Å². The predicted molar refractivity (Wildman–Crippen MR) is 80.6 cm³/mol. The first-order chi connectivity index (χ1) is 9.19. The van der Waals surface area contributed by atoms with E-state index in [1.165, 1.54) is 0 Å². The number of aromatic nitrogens is 1. The second-order valence-electron chi connectivity index (χ2n) is 4.90. The van der Waals surface area contributed by atoms with E-state index in [1.54, 1.807) is 18.4 Å². The monoisotopic (exact) mass is 276 g/mol. The Morgan fingerprint density at radius 3 is 2.63 bits per heavy atom. The number of rotatable bonds is 6. The molecule has 0 radical (unpaired) electrons. The van der Waals surface area contributed by atoms with Crippen molar-refractivity contribution in [1.82, 2.24) is 10.3 Å². The zero-order valence-electron chi connectivity index (χ0n) is 11.6. The molecule has 0 bridgehead atoms. The van der Waals surface area contributed by atoms with Crippen molar-refractivity contribution >= 4 is 11.3 Å². The SMILES string of the molecule is COc1ccc(-c2nc(CNCC(C)C)cs2)cc1. The number of nitrogens with one attached hydrogen (secondary N) is 1. The Hall–Kier alpha value is -1.39. The van der Waals surface area contributed by atoms with Crippen molar-refractivity contribution in [3.63, 3.8) is 0 Å². The zero-order valence-corrected chi connectivity index (χ0v) is 12.5. The summed E-state index contributed by atoms with van der Waals surface area (Å²) in [5.41, 5.74) is 2.25. The highest BCUT2D eigenvalue weighted by molar-refractivity contribution is 7.13. The predicted octanol–water partition coefficient (Wildman–Crippen LogP) is 3.56. The Labute approximate surface area is 118 Å². The Morgan fingerprint density at radius 2 is 2.00 bits per heavy atom. The minimum Gasteiger partial charge on any atom is -0.497 e. The van der Waals surface area contributed by atoms with Crippen LogP contribution in [0.1, 0.15) is 19.5 Å². The summed E-state index contributed by atoms with van der Waals surface area (Å²) in [5, 5.41) is 6.59. The normalized spacial score (nSPS) is 10.9. The molecule has 19 heavy (non-hydrogen) atoms. The van der Waals surface area contributed by atoms with E-state index in [2.05, 4.69) is 29.5 Å². The lowest BCUT2D eigenvalue weighted by Gasteiger charge is -2.04. The fourth-order valence-corrected chi connectivity index (χ4v) is 2.57. The van der Waals surface area contributed by atoms with Crippen molar-refractivity contribution in [1.29, 1.82) is 0 Å². The van der Waals surface area contributed by atoms with Crippen LogP contribution < -0.4 is 10.1 Å². The first-order valence-electron chi connectivity index (χ1n) is 6.48. The van der Waals surface area contributed by atoms with E-state index in [1.807, 2.05) is 24.3 Å². The number of methoxy groups -OCH3 is 1. The molecule has 0 unspecified atom stereocenters. The van der Waals surface area contributed by atoms with Gasteiger partial charge in [0.2, 0.25) is 0 Å². The number of benzene rings is 1. The lowest BCUT2D eigenvalue weighted by Crippen LogP contribution is -2.19. The summed E-state index contributed by atoms with van der Waals surface area (Å²) in [4.78, 5) is 4.65. The van der Waals surface area contributed by atoms with Gasteiger partial charge in [-0.05, 0) is 36.7 Å².